The maximum Gasteiger partial charge on any atom is 0.407 e. The van der Waals surface area contributed by atoms with E-state index in [1.54, 1.807) is 11.3 Å². The van der Waals surface area contributed by atoms with Crippen LogP contribution in [-0.2, 0) is 4.74 Å². The summed E-state index contributed by atoms with van der Waals surface area (Å²) in [5.41, 5.74) is 2.51. The zero-order valence-electron chi connectivity index (χ0n) is 12.9. The van der Waals surface area contributed by atoms with Crippen LogP contribution in [0.15, 0.2) is 5.51 Å². The van der Waals surface area contributed by atoms with Gasteiger partial charge in [-0.3, -0.25) is 0 Å². The Labute approximate surface area is 125 Å². The maximum atomic E-state index is 11.4. The number of nitrogens with zero attached hydrogens (tertiary/aromatic N) is 1. The summed E-state index contributed by atoms with van der Waals surface area (Å²) in [6.45, 7) is 11.2. The molecule has 20 heavy (non-hydrogen) atoms. The van der Waals surface area contributed by atoms with Crippen LogP contribution in [0, 0.1) is 6.92 Å². The topological polar surface area (TPSA) is 63.2 Å². The van der Waals surface area contributed by atoms with Gasteiger partial charge in [0.25, 0.3) is 0 Å². The quantitative estimate of drug-likeness (QED) is 0.793. The van der Waals surface area contributed by atoms with Gasteiger partial charge in [0.1, 0.15) is 5.60 Å². The highest BCUT2D eigenvalue weighted by Crippen LogP contribution is 2.20. The van der Waals surface area contributed by atoms with Crippen molar-refractivity contribution in [2.45, 2.75) is 52.7 Å². The number of aromatic nitrogens is 1. The molecule has 0 saturated heterocycles. The molecule has 0 aromatic carbocycles. The number of hydrogen-bond donors (Lipinski definition) is 2. The monoisotopic (exact) mass is 299 g/mol. The van der Waals surface area contributed by atoms with Crippen LogP contribution in [0.2, 0.25) is 0 Å². The van der Waals surface area contributed by atoms with Crippen LogP contribution in [0.3, 0.4) is 0 Å². The van der Waals surface area contributed by atoms with Gasteiger partial charge in [-0.2, -0.15) is 0 Å². The molecule has 114 valence electrons. The molecule has 6 heteroatoms. The summed E-state index contributed by atoms with van der Waals surface area (Å²) in [6, 6.07) is 0.295. The van der Waals surface area contributed by atoms with E-state index < -0.39 is 5.60 Å². The minimum Gasteiger partial charge on any atom is -0.444 e. The van der Waals surface area contributed by atoms with Crippen LogP contribution in [-0.4, -0.2) is 29.8 Å². The molecule has 0 saturated carbocycles. The van der Waals surface area contributed by atoms with E-state index in [1.807, 2.05) is 33.2 Å². The number of alkyl carbamates (subject to hydrolysis) is 1. The molecule has 0 radical (unpaired) electrons. The molecule has 0 fully saturated rings. The summed E-state index contributed by atoms with van der Waals surface area (Å²) in [6.07, 6.45) is 0.505. The van der Waals surface area contributed by atoms with E-state index in [-0.39, 0.29) is 6.09 Å². The smallest absolute Gasteiger partial charge is 0.407 e. The summed E-state index contributed by atoms with van der Waals surface area (Å²) in [5.74, 6) is 0. The van der Waals surface area contributed by atoms with Crippen LogP contribution >= 0.6 is 11.3 Å². The molecule has 1 unspecified atom stereocenters. The third-order valence-electron chi connectivity index (χ3n) is 2.65. The Hall–Kier alpha value is -1.14. The fourth-order valence-corrected chi connectivity index (χ4v) is 2.57. The van der Waals surface area contributed by atoms with E-state index in [4.69, 9.17) is 4.74 Å². The number of ether oxygens (including phenoxy) is 1. The molecule has 1 amide bonds. The van der Waals surface area contributed by atoms with Crippen molar-refractivity contribution >= 4 is 17.4 Å². The first-order valence-electron chi connectivity index (χ1n) is 6.90. The Morgan fingerprint density at radius 3 is 2.70 bits per heavy atom. The number of amides is 1. The molecular formula is C14H25N3O2S. The van der Waals surface area contributed by atoms with E-state index in [9.17, 15) is 4.79 Å². The van der Waals surface area contributed by atoms with Gasteiger partial charge in [0, 0.05) is 17.5 Å². The first kappa shape index (κ1) is 16.9. The maximum absolute atomic E-state index is 11.4. The molecule has 0 aliphatic carbocycles. The van der Waals surface area contributed by atoms with Gasteiger partial charge < -0.3 is 15.4 Å². The lowest BCUT2D eigenvalue weighted by atomic mass is 10.2. The van der Waals surface area contributed by atoms with Gasteiger partial charge in [0.05, 0.1) is 11.2 Å². The van der Waals surface area contributed by atoms with Gasteiger partial charge in [-0.25, -0.2) is 9.78 Å². The number of carbonyl (C=O) groups excluding carboxylic acids is 1. The molecule has 0 aliphatic rings. The third kappa shape index (κ3) is 6.34. The van der Waals surface area contributed by atoms with Crippen LogP contribution in [0.5, 0.6) is 0 Å². The first-order chi connectivity index (χ1) is 9.29. The Kier molecular flexibility index (Phi) is 6.42. The SMILES string of the molecule is Cc1ncsc1C(C)NCCCNC(=O)OC(C)(C)C. The number of nitrogens with one attached hydrogen (secondary N) is 2. The molecule has 1 rings (SSSR count). The fourth-order valence-electron chi connectivity index (χ4n) is 1.73. The zero-order valence-corrected chi connectivity index (χ0v) is 13.8. The number of rotatable bonds is 6. The molecule has 0 aliphatic heterocycles. The highest BCUT2D eigenvalue weighted by Gasteiger charge is 2.15. The van der Waals surface area contributed by atoms with Crippen LogP contribution in [0.1, 0.15) is 50.7 Å². The average Bonchev–Trinajstić information content (AvgIpc) is 2.72. The number of carbonyl (C=O) groups is 1. The number of aryl methyl sites for hydroxylation is 1. The minimum atomic E-state index is -0.444. The summed E-state index contributed by atoms with van der Waals surface area (Å²) < 4.78 is 5.16. The Morgan fingerprint density at radius 2 is 2.15 bits per heavy atom. The molecular weight excluding hydrogens is 274 g/mol. The molecule has 1 aromatic rings. The van der Waals surface area contributed by atoms with E-state index in [1.165, 1.54) is 4.88 Å². The zero-order chi connectivity index (χ0) is 15.2. The fraction of sp³-hybridized carbons (Fsp3) is 0.714. The largest absolute Gasteiger partial charge is 0.444 e. The van der Waals surface area contributed by atoms with Crippen molar-refractivity contribution < 1.29 is 9.53 Å². The van der Waals surface area contributed by atoms with Gasteiger partial charge in [-0.1, -0.05) is 0 Å². The van der Waals surface area contributed by atoms with Crippen molar-refractivity contribution in [2.24, 2.45) is 0 Å². The lowest BCUT2D eigenvalue weighted by molar-refractivity contribution is 0.0527. The van der Waals surface area contributed by atoms with E-state index in [0.717, 1.165) is 18.7 Å². The van der Waals surface area contributed by atoms with Crippen LogP contribution in [0.25, 0.3) is 0 Å². The van der Waals surface area contributed by atoms with Gasteiger partial charge in [0.2, 0.25) is 0 Å². The summed E-state index contributed by atoms with van der Waals surface area (Å²) >= 11 is 1.67. The van der Waals surface area contributed by atoms with Gasteiger partial charge in [0.15, 0.2) is 0 Å². The normalized spacial score (nSPS) is 13.1. The molecule has 2 N–H and O–H groups in total. The standard InChI is InChI=1S/C14H25N3O2S/c1-10(12-11(2)17-9-20-12)15-7-6-8-16-13(18)19-14(3,4)5/h9-10,15H,6-8H2,1-5H3,(H,16,18). The average molecular weight is 299 g/mol. The minimum absolute atomic E-state index is 0.295. The van der Waals surface area contributed by atoms with E-state index in [2.05, 4.69) is 22.5 Å². The Bertz CT molecular complexity index is 426. The van der Waals surface area contributed by atoms with Gasteiger partial charge >= 0.3 is 6.09 Å². The Balaban J connectivity index is 2.14. The van der Waals surface area contributed by atoms with Crippen molar-refractivity contribution in [3.05, 3.63) is 16.1 Å². The van der Waals surface area contributed by atoms with E-state index >= 15 is 0 Å². The lowest BCUT2D eigenvalue weighted by Gasteiger charge is -2.19. The number of hydrogen-bond acceptors (Lipinski definition) is 5. The van der Waals surface area contributed by atoms with Crippen molar-refractivity contribution in [3.63, 3.8) is 0 Å². The lowest BCUT2D eigenvalue weighted by Crippen LogP contribution is -2.34. The summed E-state index contributed by atoms with van der Waals surface area (Å²) in [4.78, 5) is 16.9. The van der Waals surface area contributed by atoms with Gasteiger partial charge in [-0.05, 0) is 47.6 Å². The third-order valence-corrected chi connectivity index (χ3v) is 3.76. The second kappa shape index (κ2) is 7.59. The summed E-state index contributed by atoms with van der Waals surface area (Å²) in [7, 11) is 0. The molecule has 5 nitrogen and oxygen atoms in total. The second-order valence-electron chi connectivity index (χ2n) is 5.76. The predicted molar refractivity (Wildman–Crippen MR) is 82.1 cm³/mol. The first-order valence-corrected chi connectivity index (χ1v) is 7.78. The molecule has 1 heterocycles. The van der Waals surface area contributed by atoms with Crippen LogP contribution in [0.4, 0.5) is 4.79 Å². The predicted octanol–water partition coefficient (Wildman–Crippen LogP) is 3.02. The van der Waals surface area contributed by atoms with Crippen molar-refractivity contribution in [2.75, 3.05) is 13.1 Å². The molecule has 1 atom stereocenters. The molecule has 0 bridgehead atoms. The van der Waals surface area contributed by atoms with Crippen LogP contribution < -0.4 is 10.6 Å². The molecule has 1 aromatic heterocycles. The van der Waals surface area contributed by atoms with Crippen molar-refractivity contribution in [1.82, 2.24) is 15.6 Å². The summed E-state index contributed by atoms with van der Waals surface area (Å²) in [5, 5.41) is 6.17. The Morgan fingerprint density at radius 1 is 1.45 bits per heavy atom. The van der Waals surface area contributed by atoms with Crippen molar-refractivity contribution in [3.8, 4) is 0 Å². The highest BCUT2D eigenvalue weighted by atomic mass is 32.1. The highest BCUT2D eigenvalue weighted by molar-refractivity contribution is 7.09. The number of thiazole rings is 1. The molecule has 0 spiro atoms. The van der Waals surface area contributed by atoms with Gasteiger partial charge in [-0.15, -0.1) is 11.3 Å². The van der Waals surface area contributed by atoms with Crippen molar-refractivity contribution in [1.29, 1.82) is 0 Å². The second-order valence-corrected chi connectivity index (χ2v) is 6.65. The van der Waals surface area contributed by atoms with E-state index in [0.29, 0.717) is 12.6 Å².